The molecule has 0 amide bonds. The molecule has 61 heavy (non-hydrogen) atoms. The number of rotatable bonds is 28. The summed E-state index contributed by atoms with van der Waals surface area (Å²) in [4.78, 5) is 21.2. The number of benzene rings is 1. The molecule has 0 saturated heterocycles. The van der Waals surface area contributed by atoms with Crippen LogP contribution in [0.15, 0.2) is 53.3 Å². The molecule has 0 saturated carbocycles. The van der Waals surface area contributed by atoms with Gasteiger partial charge in [-0.2, -0.15) is 10.2 Å². The summed E-state index contributed by atoms with van der Waals surface area (Å²) in [6.07, 6.45) is 6.14. The van der Waals surface area contributed by atoms with Crippen LogP contribution in [0.25, 0.3) is 11.6 Å². The quantitative estimate of drug-likeness (QED) is 0.0178. The molecule has 0 bridgehead atoms. The van der Waals surface area contributed by atoms with Gasteiger partial charge in [0.25, 0.3) is 0 Å². The van der Waals surface area contributed by atoms with Crippen molar-refractivity contribution in [3.05, 3.63) is 75.8 Å². The van der Waals surface area contributed by atoms with Crippen molar-refractivity contribution in [2.45, 2.75) is 67.0 Å². The number of hydrogen-bond donors (Lipinski definition) is 0. The largest absolute Gasteiger partial charge is 0.492 e. The lowest BCUT2D eigenvalue weighted by atomic mass is 10.1. The summed E-state index contributed by atoms with van der Waals surface area (Å²) < 4.78 is 67.2. The number of esters is 1. The summed E-state index contributed by atoms with van der Waals surface area (Å²) in [7, 11) is -2.34. The number of halogens is 1. The Morgan fingerprint density at radius 1 is 0.836 bits per heavy atom. The van der Waals surface area contributed by atoms with Gasteiger partial charge in [-0.3, -0.25) is 23.7 Å². The van der Waals surface area contributed by atoms with Crippen molar-refractivity contribution in [3.8, 4) is 35.0 Å². The topological polar surface area (TPSA) is 171 Å². The number of ether oxygens (including phenoxy) is 4. The van der Waals surface area contributed by atoms with Crippen molar-refractivity contribution in [3.63, 3.8) is 0 Å². The van der Waals surface area contributed by atoms with Crippen molar-refractivity contribution in [1.82, 2.24) is 34.3 Å². The number of carbonyl (C=O) groups excluding carboxylic acids is 1. The van der Waals surface area contributed by atoms with Crippen molar-refractivity contribution in [1.29, 1.82) is 0 Å². The molecule has 4 aromatic rings. The molecule has 0 radical (unpaired) electrons. The maximum absolute atomic E-state index is 13.5. The fourth-order valence-corrected chi connectivity index (χ4v) is 8.25. The zero-order valence-corrected chi connectivity index (χ0v) is 39.1. The van der Waals surface area contributed by atoms with Gasteiger partial charge >= 0.3 is 22.3 Å². The van der Waals surface area contributed by atoms with Crippen molar-refractivity contribution >= 4 is 38.2 Å². The Balaban J connectivity index is 1.77. The maximum atomic E-state index is 13.5. The Hall–Kier alpha value is -4.01. The number of carbonyl (C=O) groups is 1. The van der Waals surface area contributed by atoms with Gasteiger partial charge in [0.05, 0.1) is 61.0 Å². The average molecular weight is 949 g/mol. The molecule has 0 fully saturated rings. The van der Waals surface area contributed by atoms with Gasteiger partial charge in [-0.1, -0.05) is 32.1 Å². The first-order chi connectivity index (χ1) is 29.6. The van der Waals surface area contributed by atoms with E-state index < -0.39 is 13.6 Å². The molecular weight excluding hydrogens is 892 g/mol. The van der Waals surface area contributed by atoms with Gasteiger partial charge in [0.1, 0.15) is 31.1 Å². The van der Waals surface area contributed by atoms with Crippen LogP contribution in [0.5, 0.6) is 11.5 Å². The van der Waals surface area contributed by atoms with Crippen molar-refractivity contribution < 1.29 is 46.4 Å². The zero-order valence-electron chi connectivity index (χ0n) is 35.7. The van der Waals surface area contributed by atoms with Gasteiger partial charge in [-0.25, -0.2) is 18.9 Å². The highest BCUT2D eigenvalue weighted by molar-refractivity contribution is 9.10. The van der Waals surface area contributed by atoms with Crippen LogP contribution in [0.4, 0.5) is 0 Å². The van der Waals surface area contributed by atoms with Gasteiger partial charge < -0.3 is 28.0 Å². The Morgan fingerprint density at radius 2 is 1.49 bits per heavy atom. The third-order valence-corrected chi connectivity index (χ3v) is 11.4. The van der Waals surface area contributed by atoms with Crippen molar-refractivity contribution in [2.75, 3.05) is 72.9 Å². The van der Waals surface area contributed by atoms with E-state index in [2.05, 4.69) is 41.6 Å². The van der Waals surface area contributed by atoms with Crippen molar-refractivity contribution in [2.24, 2.45) is 0 Å². The predicted octanol–water partition coefficient (Wildman–Crippen LogP) is 7.80. The molecule has 0 spiro atoms. The molecule has 0 aliphatic carbocycles. The molecule has 3 aromatic heterocycles. The van der Waals surface area contributed by atoms with Crippen LogP contribution >= 0.6 is 32.2 Å². The Bertz CT molecular complexity index is 2100. The summed E-state index contributed by atoms with van der Waals surface area (Å²) in [5, 5.41) is 9.62. The van der Waals surface area contributed by atoms with E-state index in [4.69, 9.17) is 47.7 Å². The molecule has 1 aromatic carbocycles. The van der Waals surface area contributed by atoms with Gasteiger partial charge in [-0.05, 0) is 79.9 Å². The highest BCUT2D eigenvalue weighted by Crippen LogP contribution is 2.48. The Morgan fingerprint density at radius 3 is 2.08 bits per heavy atom. The van der Waals surface area contributed by atoms with E-state index in [0.717, 1.165) is 36.0 Å². The van der Waals surface area contributed by atoms with Gasteiger partial charge in [-0.15, -0.1) is 0 Å². The Kier molecular flexibility index (Phi) is 21.5. The lowest BCUT2D eigenvalue weighted by molar-refractivity contribution is -0.144. The fraction of sp³-hybridized carbons (Fsp3) is 0.512. The van der Waals surface area contributed by atoms with E-state index in [-0.39, 0.29) is 54.6 Å². The lowest BCUT2D eigenvalue weighted by Gasteiger charge is -2.25. The summed E-state index contributed by atoms with van der Waals surface area (Å²) in [6.45, 7) is 12.6. The number of aromatic nitrogens is 5. The van der Waals surface area contributed by atoms with E-state index >= 15 is 0 Å². The van der Waals surface area contributed by atoms with Crippen LogP contribution in [0, 0.1) is 11.8 Å². The average Bonchev–Trinajstić information content (AvgIpc) is 3.91. The number of unbranched alkanes of at least 4 members (excludes halogenated alkanes) is 1. The molecule has 0 N–H and O–H groups in total. The molecule has 4 rings (SSSR count). The van der Waals surface area contributed by atoms with Gasteiger partial charge in [0.2, 0.25) is 0 Å². The number of hydrogen-bond acceptors (Lipinski definition) is 15. The summed E-state index contributed by atoms with van der Waals surface area (Å²) in [5.74, 6) is 8.24. The van der Waals surface area contributed by atoms with Gasteiger partial charge in [0, 0.05) is 50.8 Å². The minimum atomic E-state index is -3.56. The van der Waals surface area contributed by atoms with Crippen LogP contribution in [-0.2, 0) is 50.1 Å². The van der Waals surface area contributed by atoms with E-state index in [1.807, 2.05) is 35.4 Å². The number of methoxy groups -OCH3 is 1. The van der Waals surface area contributed by atoms with E-state index in [1.165, 1.54) is 0 Å². The monoisotopic (exact) mass is 947 g/mol. The minimum absolute atomic E-state index is 0.133. The van der Waals surface area contributed by atoms with Gasteiger partial charge in [0.15, 0.2) is 11.6 Å². The van der Waals surface area contributed by atoms with E-state index in [0.29, 0.717) is 66.3 Å². The standard InChI is InChI=1S/C41H56BrN7O10P2/c1-7-12-20-55-37-26-36(42)38(56-22-21-53-6)25-33(37)14-13-32-23-39(48-18-15-34(44-48)27-46(17-8-2)30-57-60-51)43-40(24-32)49-19-16-35(45-49)28-47(29-41(50)54-9-3)31-61(52,58-10-4)59-11-5/h15-16,18-19,23-26H,7-12,17,20-22,27-31H2,1-6H3. The Labute approximate surface area is 368 Å². The first kappa shape index (κ1) is 49.6. The molecular formula is C41H56BrN7O10P2. The second-order valence-electron chi connectivity index (χ2n) is 13.4. The van der Waals surface area contributed by atoms with Crippen LogP contribution in [0.1, 0.15) is 76.4 Å². The zero-order chi connectivity index (χ0) is 44.0. The molecule has 332 valence electrons. The third kappa shape index (κ3) is 16.3. The van der Waals surface area contributed by atoms with Crippen LogP contribution < -0.4 is 9.47 Å². The molecule has 0 aliphatic heterocycles. The summed E-state index contributed by atoms with van der Waals surface area (Å²) in [5.41, 5.74) is 2.55. The lowest BCUT2D eigenvalue weighted by Crippen LogP contribution is -2.32. The van der Waals surface area contributed by atoms with Crippen LogP contribution in [0.3, 0.4) is 0 Å². The predicted molar refractivity (Wildman–Crippen MR) is 233 cm³/mol. The van der Waals surface area contributed by atoms with E-state index in [9.17, 15) is 13.9 Å². The van der Waals surface area contributed by atoms with Crippen LogP contribution in [0.2, 0.25) is 0 Å². The highest BCUT2D eigenvalue weighted by atomic mass is 79.9. The second kappa shape index (κ2) is 26.5. The molecule has 0 atom stereocenters. The number of pyridine rings is 1. The fourth-order valence-electron chi connectivity index (χ4n) is 5.89. The second-order valence-corrected chi connectivity index (χ2v) is 16.7. The summed E-state index contributed by atoms with van der Waals surface area (Å²) in [6, 6.07) is 11.0. The number of nitrogens with zero attached hydrogens (tertiary/aromatic N) is 7. The van der Waals surface area contributed by atoms with Crippen LogP contribution in [-0.4, -0.2) is 113 Å². The maximum Gasteiger partial charge on any atom is 0.344 e. The molecule has 0 aliphatic rings. The molecule has 3 heterocycles. The minimum Gasteiger partial charge on any atom is -0.492 e. The highest BCUT2D eigenvalue weighted by Gasteiger charge is 2.29. The molecule has 17 nitrogen and oxygen atoms in total. The third-order valence-electron chi connectivity index (χ3n) is 8.52. The smallest absolute Gasteiger partial charge is 0.344 e. The normalized spacial score (nSPS) is 11.6. The SMILES string of the molecule is CCCCOc1cc(Br)c(OCCOC)cc1C#Cc1cc(-n2ccc(CN(CCC)COP=O)n2)nc(-n2ccc(CN(CC(=O)OCC)CP(=O)(OCC)OCC)n2)c1. The summed E-state index contributed by atoms with van der Waals surface area (Å²) >= 11 is 3.61. The molecule has 0 unspecified atom stereocenters. The van der Waals surface area contributed by atoms with E-state index in [1.54, 1.807) is 60.5 Å². The first-order valence-corrected chi connectivity index (χ1v) is 23.5. The molecule has 20 heteroatoms. The first-order valence-electron chi connectivity index (χ1n) is 20.2.